The van der Waals surface area contributed by atoms with Gasteiger partial charge in [0.15, 0.2) is 6.10 Å². The lowest BCUT2D eigenvalue weighted by Gasteiger charge is -2.34. The minimum absolute atomic E-state index is 0.0739. The van der Waals surface area contributed by atoms with Crippen molar-refractivity contribution in [2.75, 3.05) is 11.4 Å². The molecule has 6 nitrogen and oxygen atoms in total. The third-order valence-corrected chi connectivity index (χ3v) is 5.15. The number of carbonyl (C=O) groups is 2. The molecule has 1 aliphatic rings. The van der Waals surface area contributed by atoms with Gasteiger partial charge in [-0.15, -0.1) is 0 Å². The van der Waals surface area contributed by atoms with Gasteiger partial charge >= 0.3 is 0 Å². The van der Waals surface area contributed by atoms with Crippen LogP contribution in [-0.4, -0.2) is 30.5 Å². The molecule has 1 atom stereocenters. The van der Waals surface area contributed by atoms with Crippen molar-refractivity contribution in [3.8, 4) is 11.8 Å². The van der Waals surface area contributed by atoms with Gasteiger partial charge in [-0.2, -0.15) is 5.26 Å². The van der Waals surface area contributed by atoms with Gasteiger partial charge < -0.3 is 15.0 Å². The maximum Gasteiger partial charge on any atom is 0.263 e. The highest BCUT2D eigenvalue weighted by molar-refractivity contribution is 6.06. The molecule has 154 valence electrons. The molecule has 30 heavy (non-hydrogen) atoms. The lowest BCUT2D eigenvalue weighted by molar-refractivity contribution is -0.129. The van der Waals surface area contributed by atoms with Crippen LogP contribution in [0, 0.1) is 11.3 Å². The Morgan fingerprint density at radius 2 is 1.90 bits per heavy atom. The van der Waals surface area contributed by atoms with Crippen molar-refractivity contribution in [3.63, 3.8) is 0 Å². The number of nitriles is 1. The number of nitrogens with zero attached hydrogens (tertiary/aromatic N) is 2. The Morgan fingerprint density at radius 3 is 2.63 bits per heavy atom. The number of rotatable bonds is 6. The average Bonchev–Trinajstić information content (AvgIpc) is 2.80. The zero-order chi connectivity index (χ0) is 21.5. The first-order chi connectivity index (χ1) is 14.6. The Labute approximate surface area is 176 Å². The van der Waals surface area contributed by atoms with Crippen molar-refractivity contribution < 1.29 is 14.3 Å². The highest BCUT2D eigenvalue weighted by atomic mass is 16.5. The van der Waals surface area contributed by atoms with E-state index in [0.717, 1.165) is 12.8 Å². The van der Waals surface area contributed by atoms with Crippen LogP contribution in [0.2, 0.25) is 0 Å². The third kappa shape index (κ3) is 4.69. The fourth-order valence-corrected chi connectivity index (χ4v) is 3.36. The second kappa shape index (κ2) is 9.75. The first-order valence-electron chi connectivity index (χ1n) is 10.1. The SMILES string of the molecule is CCC(CC)NC(=O)C1CN(C(=O)/C=C/c2ccccc2C#N)c2ccccc2O1. The number of hydrogen-bond acceptors (Lipinski definition) is 4. The van der Waals surface area contributed by atoms with Crippen LogP contribution in [0.5, 0.6) is 5.75 Å². The van der Waals surface area contributed by atoms with Crippen LogP contribution < -0.4 is 15.0 Å². The second-order valence-corrected chi connectivity index (χ2v) is 7.08. The molecule has 0 fully saturated rings. The molecule has 0 bridgehead atoms. The maximum atomic E-state index is 13.0. The van der Waals surface area contributed by atoms with Crippen molar-refractivity contribution >= 4 is 23.6 Å². The van der Waals surface area contributed by atoms with Crippen LogP contribution in [0.3, 0.4) is 0 Å². The summed E-state index contributed by atoms with van der Waals surface area (Å²) < 4.78 is 5.89. The number of nitrogens with one attached hydrogen (secondary N) is 1. The average molecular weight is 403 g/mol. The van der Waals surface area contributed by atoms with Gasteiger partial charge in [0.1, 0.15) is 5.75 Å². The summed E-state index contributed by atoms with van der Waals surface area (Å²) in [7, 11) is 0. The minimum Gasteiger partial charge on any atom is -0.477 e. The summed E-state index contributed by atoms with van der Waals surface area (Å²) >= 11 is 0. The van der Waals surface area contributed by atoms with Gasteiger partial charge in [-0.3, -0.25) is 9.59 Å². The number of para-hydroxylation sites is 2. The monoisotopic (exact) mass is 403 g/mol. The molecule has 0 aromatic heterocycles. The fourth-order valence-electron chi connectivity index (χ4n) is 3.36. The van der Waals surface area contributed by atoms with Gasteiger partial charge in [0, 0.05) is 12.1 Å². The van der Waals surface area contributed by atoms with E-state index in [-0.39, 0.29) is 24.4 Å². The van der Waals surface area contributed by atoms with Crippen molar-refractivity contribution in [2.24, 2.45) is 0 Å². The lowest BCUT2D eigenvalue weighted by Crippen LogP contribution is -2.52. The Hall–Kier alpha value is -3.59. The van der Waals surface area contributed by atoms with Gasteiger partial charge in [0.05, 0.1) is 23.9 Å². The normalized spacial score (nSPS) is 15.4. The maximum absolute atomic E-state index is 13.0. The number of fused-ring (bicyclic) bond motifs is 1. The highest BCUT2D eigenvalue weighted by Gasteiger charge is 2.33. The first-order valence-corrected chi connectivity index (χ1v) is 10.1. The van der Waals surface area contributed by atoms with E-state index in [1.165, 1.54) is 6.08 Å². The topological polar surface area (TPSA) is 82.4 Å². The molecule has 0 spiro atoms. The van der Waals surface area contributed by atoms with Gasteiger partial charge in [-0.05, 0) is 42.7 Å². The molecule has 2 amide bonds. The molecule has 1 N–H and O–H groups in total. The van der Waals surface area contributed by atoms with Crippen molar-refractivity contribution in [2.45, 2.75) is 38.8 Å². The number of amides is 2. The predicted octanol–water partition coefficient (Wildman–Crippen LogP) is 3.67. The Kier molecular flexibility index (Phi) is 6.87. The van der Waals surface area contributed by atoms with Gasteiger partial charge in [-0.25, -0.2) is 0 Å². The molecule has 2 aromatic carbocycles. The molecule has 2 aromatic rings. The smallest absolute Gasteiger partial charge is 0.263 e. The molecule has 0 saturated carbocycles. The quantitative estimate of drug-likeness (QED) is 0.746. The minimum atomic E-state index is -0.788. The molecule has 3 rings (SSSR count). The predicted molar refractivity (Wildman–Crippen MR) is 116 cm³/mol. The van der Waals surface area contributed by atoms with Gasteiger partial charge in [0.2, 0.25) is 0 Å². The molecular formula is C24H25N3O3. The molecule has 1 unspecified atom stereocenters. The molecule has 0 radical (unpaired) electrons. The molecule has 1 aliphatic heterocycles. The molecular weight excluding hydrogens is 378 g/mol. The van der Waals surface area contributed by atoms with E-state index in [1.807, 2.05) is 32.0 Å². The summed E-state index contributed by atoms with van der Waals surface area (Å²) in [6, 6.07) is 16.4. The lowest BCUT2D eigenvalue weighted by atomic mass is 10.1. The van der Waals surface area contributed by atoms with E-state index in [9.17, 15) is 14.9 Å². The van der Waals surface area contributed by atoms with Crippen molar-refractivity contribution in [1.29, 1.82) is 5.26 Å². The van der Waals surface area contributed by atoms with Gasteiger partial charge in [-0.1, -0.05) is 44.2 Å². The van der Waals surface area contributed by atoms with Gasteiger partial charge in [0.25, 0.3) is 11.8 Å². The van der Waals surface area contributed by atoms with E-state index >= 15 is 0 Å². The zero-order valence-electron chi connectivity index (χ0n) is 17.2. The van der Waals surface area contributed by atoms with Crippen molar-refractivity contribution in [1.82, 2.24) is 5.32 Å². The number of hydrogen-bond donors (Lipinski definition) is 1. The van der Waals surface area contributed by atoms with E-state index in [0.29, 0.717) is 22.6 Å². The summed E-state index contributed by atoms with van der Waals surface area (Å²) in [6.07, 6.45) is 3.92. The Morgan fingerprint density at radius 1 is 1.20 bits per heavy atom. The molecule has 0 saturated heterocycles. The van der Waals surface area contributed by atoms with Crippen LogP contribution in [0.4, 0.5) is 5.69 Å². The Balaban J connectivity index is 1.83. The summed E-state index contributed by atoms with van der Waals surface area (Å²) in [5.74, 6) is -0.0127. The van der Waals surface area contributed by atoms with E-state index in [2.05, 4.69) is 11.4 Å². The largest absolute Gasteiger partial charge is 0.477 e. The van der Waals surface area contributed by atoms with E-state index < -0.39 is 6.10 Å². The number of benzene rings is 2. The van der Waals surface area contributed by atoms with Crippen LogP contribution in [0.1, 0.15) is 37.8 Å². The molecule has 6 heteroatoms. The van der Waals surface area contributed by atoms with Crippen molar-refractivity contribution in [3.05, 3.63) is 65.7 Å². The number of ether oxygens (including phenoxy) is 1. The summed E-state index contributed by atoms with van der Waals surface area (Å²) in [6.45, 7) is 4.16. The zero-order valence-corrected chi connectivity index (χ0v) is 17.2. The highest BCUT2D eigenvalue weighted by Crippen LogP contribution is 2.33. The molecule has 0 aliphatic carbocycles. The Bertz CT molecular complexity index is 989. The van der Waals surface area contributed by atoms with Crippen LogP contribution in [-0.2, 0) is 9.59 Å². The number of carbonyl (C=O) groups excluding carboxylic acids is 2. The van der Waals surface area contributed by atoms with Crippen LogP contribution in [0.15, 0.2) is 54.6 Å². The van der Waals surface area contributed by atoms with E-state index in [1.54, 1.807) is 41.3 Å². The van der Waals surface area contributed by atoms with Crippen LogP contribution in [0.25, 0.3) is 6.08 Å². The van der Waals surface area contributed by atoms with E-state index in [4.69, 9.17) is 4.74 Å². The standard InChI is InChI=1S/C24H25N3O3/c1-3-19(4-2)26-24(29)22-16-27(20-11-7-8-12-21(20)30-22)23(28)14-13-17-9-5-6-10-18(17)15-25/h5-14,19,22H,3-4,16H2,1-2H3,(H,26,29)/b14-13+. The third-order valence-electron chi connectivity index (χ3n) is 5.15. The summed E-state index contributed by atoms with van der Waals surface area (Å²) in [5.41, 5.74) is 1.77. The fraction of sp³-hybridized carbons (Fsp3) is 0.292. The first kappa shape index (κ1) is 21.1. The summed E-state index contributed by atoms with van der Waals surface area (Å²) in [5, 5.41) is 12.2. The van der Waals surface area contributed by atoms with Crippen LogP contribution >= 0.6 is 0 Å². The second-order valence-electron chi connectivity index (χ2n) is 7.08. The molecule has 1 heterocycles. The summed E-state index contributed by atoms with van der Waals surface area (Å²) in [4.78, 5) is 27.3. The number of anilines is 1.